The molecule has 0 aliphatic heterocycles. The van der Waals surface area contributed by atoms with Gasteiger partial charge in [0, 0.05) is 3.57 Å². The lowest BCUT2D eigenvalue weighted by Gasteiger charge is -2.12. The molecular formula is C27H19IN2O2. The molecule has 4 nitrogen and oxygen atoms in total. The third-order valence-electron chi connectivity index (χ3n) is 5.39. The highest BCUT2D eigenvalue weighted by Gasteiger charge is 2.12. The number of nitrogens with zero attached hydrogens (tertiary/aromatic N) is 2. The summed E-state index contributed by atoms with van der Waals surface area (Å²) < 4.78 is 7.92. The number of halogens is 1. The summed E-state index contributed by atoms with van der Waals surface area (Å²) in [6.07, 6.45) is 3.84. The molecule has 5 aromatic rings. The van der Waals surface area contributed by atoms with Gasteiger partial charge in [0.25, 0.3) is 5.56 Å². The Kier molecular flexibility index (Phi) is 5.49. The number of hydrogen-bond donors (Lipinski definition) is 0. The Morgan fingerprint density at radius 3 is 2.44 bits per heavy atom. The lowest BCUT2D eigenvalue weighted by atomic mass is 10.1. The van der Waals surface area contributed by atoms with Crippen molar-refractivity contribution < 1.29 is 4.74 Å². The number of benzene rings is 4. The Hall–Kier alpha value is -3.45. The number of fused-ring (bicyclic) bond motifs is 2. The number of aromatic nitrogens is 2. The third kappa shape index (κ3) is 3.91. The van der Waals surface area contributed by atoms with Gasteiger partial charge < -0.3 is 4.74 Å². The quantitative estimate of drug-likeness (QED) is 0.256. The summed E-state index contributed by atoms with van der Waals surface area (Å²) >= 11 is 2.22. The molecule has 0 saturated carbocycles. The van der Waals surface area contributed by atoms with E-state index in [1.165, 1.54) is 0 Å². The van der Waals surface area contributed by atoms with Gasteiger partial charge in [-0.3, -0.25) is 9.36 Å². The van der Waals surface area contributed by atoms with Gasteiger partial charge in [0.05, 0.1) is 23.7 Å². The minimum atomic E-state index is -0.0850. The molecular weight excluding hydrogens is 511 g/mol. The Bertz CT molecular complexity index is 1540. The average Bonchev–Trinajstić information content (AvgIpc) is 2.83. The van der Waals surface area contributed by atoms with Crippen LogP contribution in [0.1, 0.15) is 11.4 Å². The fraction of sp³-hybridized carbons (Fsp3) is 0.0370. The van der Waals surface area contributed by atoms with Crippen molar-refractivity contribution in [2.24, 2.45) is 0 Å². The van der Waals surface area contributed by atoms with Crippen LogP contribution in [0.4, 0.5) is 0 Å². The van der Waals surface area contributed by atoms with Crippen LogP contribution in [-0.4, -0.2) is 16.7 Å². The molecule has 32 heavy (non-hydrogen) atoms. The Morgan fingerprint density at radius 1 is 0.875 bits per heavy atom. The molecule has 0 fully saturated rings. The first-order valence-electron chi connectivity index (χ1n) is 10.2. The van der Waals surface area contributed by atoms with Gasteiger partial charge in [0.1, 0.15) is 11.6 Å². The summed E-state index contributed by atoms with van der Waals surface area (Å²) in [5.74, 6) is 1.38. The maximum Gasteiger partial charge on any atom is 0.266 e. The summed E-state index contributed by atoms with van der Waals surface area (Å²) in [6, 6.07) is 27.7. The molecule has 5 rings (SSSR count). The molecule has 0 aliphatic carbocycles. The Labute approximate surface area is 199 Å². The number of rotatable bonds is 4. The molecule has 4 aromatic carbocycles. The predicted molar refractivity (Wildman–Crippen MR) is 139 cm³/mol. The van der Waals surface area contributed by atoms with Crippen LogP contribution in [0.3, 0.4) is 0 Å². The number of ether oxygens (including phenoxy) is 1. The summed E-state index contributed by atoms with van der Waals surface area (Å²) in [5.41, 5.74) is 2.38. The van der Waals surface area contributed by atoms with Crippen molar-refractivity contribution in [1.29, 1.82) is 0 Å². The van der Waals surface area contributed by atoms with Gasteiger partial charge in [0.15, 0.2) is 0 Å². The normalized spacial score (nSPS) is 11.4. The maximum atomic E-state index is 13.6. The highest BCUT2D eigenvalue weighted by Crippen LogP contribution is 2.22. The SMILES string of the molecule is COc1ccc(C=Cc2nc3ccc(I)cc3c(=O)n2-c2ccc3ccccc3c2)cc1. The fourth-order valence-corrected chi connectivity index (χ4v) is 4.23. The summed E-state index contributed by atoms with van der Waals surface area (Å²) in [6.45, 7) is 0. The molecule has 0 bridgehead atoms. The fourth-order valence-electron chi connectivity index (χ4n) is 3.74. The van der Waals surface area contributed by atoms with Crippen LogP contribution in [0, 0.1) is 3.57 Å². The zero-order valence-corrected chi connectivity index (χ0v) is 19.5. The van der Waals surface area contributed by atoms with E-state index in [4.69, 9.17) is 9.72 Å². The van der Waals surface area contributed by atoms with E-state index < -0.39 is 0 Å². The first kappa shape index (κ1) is 20.5. The van der Waals surface area contributed by atoms with E-state index in [0.717, 1.165) is 31.3 Å². The highest BCUT2D eigenvalue weighted by molar-refractivity contribution is 14.1. The molecule has 0 aliphatic rings. The van der Waals surface area contributed by atoms with E-state index in [1.807, 2.05) is 91.0 Å². The van der Waals surface area contributed by atoms with E-state index in [-0.39, 0.29) is 5.56 Å². The van der Waals surface area contributed by atoms with E-state index in [2.05, 4.69) is 28.7 Å². The van der Waals surface area contributed by atoms with E-state index in [9.17, 15) is 4.79 Å². The van der Waals surface area contributed by atoms with Crippen LogP contribution in [-0.2, 0) is 0 Å². The zero-order valence-electron chi connectivity index (χ0n) is 17.3. The smallest absolute Gasteiger partial charge is 0.266 e. The third-order valence-corrected chi connectivity index (χ3v) is 6.06. The zero-order chi connectivity index (χ0) is 22.1. The van der Waals surface area contributed by atoms with Gasteiger partial charge >= 0.3 is 0 Å². The first-order chi connectivity index (χ1) is 15.6. The predicted octanol–water partition coefficient (Wildman–Crippen LogP) is 6.32. The van der Waals surface area contributed by atoms with Crippen molar-refractivity contribution in [1.82, 2.24) is 9.55 Å². The molecule has 5 heteroatoms. The molecule has 0 N–H and O–H groups in total. The van der Waals surface area contributed by atoms with E-state index in [0.29, 0.717) is 16.7 Å². The standard InChI is InChI=1S/C27H19IN2O2/c1-32-23-12-6-18(7-13-23)8-15-26-29-25-14-10-21(28)17-24(25)27(31)30(26)22-11-9-19-4-2-3-5-20(19)16-22/h2-17H,1H3. The van der Waals surface area contributed by atoms with Crippen molar-refractivity contribution in [2.45, 2.75) is 0 Å². The molecule has 0 radical (unpaired) electrons. The van der Waals surface area contributed by atoms with E-state index in [1.54, 1.807) is 11.7 Å². The van der Waals surface area contributed by atoms with Crippen molar-refractivity contribution in [3.63, 3.8) is 0 Å². The molecule has 0 spiro atoms. The highest BCUT2D eigenvalue weighted by atomic mass is 127. The molecule has 0 saturated heterocycles. The van der Waals surface area contributed by atoms with Gasteiger partial charge in [-0.2, -0.15) is 0 Å². The summed E-state index contributed by atoms with van der Waals surface area (Å²) in [7, 11) is 1.65. The number of methoxy groups -OCH3 is 1. The van der Waals surface area contributed by atoms with Crippen LogP contribution in [0.25, 0.3) is 39.5 Å². The van der Waals surface area contributed by atoms with Gasteiger partial charge in [-0.05, 0) is 87.5 Å². The number of hydrogen-bond acceptors (Lipinski definition) is 3. The van der Waals surface area contributed by atoms with Gasteiger partial charge in [-0.15, -0.1) is 0 Å². The van der Waals surface area contributed by atoms with Gasteiger partial charge in [0.2, 0.25) is 0 Å². The summed E-state index contributed by atoms with van der Waals surface area (Å²) in [4.78, 5) is 18.4. The average molecular weight is 530 g/mol. The van der Waals surface area contributed by atoms with Crippen molar-refractivity contribution in [3.8, 4) is 11.4 Å². The van der Waals surface area contributed by atoms with Crippen LogP contribution in [0.15, 0.2) is 89.7 Å². The van der Waals surface area contributed by atoms with Crippen LogP contribution >= 0.6 is 22.6 Å². The summed E-state index contributed by atoms with van der Waals surface area (Å²) in [5, 5.41) is 2.80. The Balaban J connectivity index is 1.71. The maximum absolute atomic E-state index is 13.6. The first-order valence-corrected chi connectivity index (χ1v) is 11.2. The Morgan fingerprint density at radius 2 is 1.66 bits per heavy atom. The largest absolute Gasteiger partial charge is 0.497 e. The lowest BCUT2D eigenvalue weighted by Crippen LogP contribution is -2.22. The van der Waals surface area contributed by atoms with Crippen molar-refractivity contribution in [3.05, 3.63) is 110 Å². The lowest BCUT2D eigenvalue weighted by molar-refractivity contribution is 0.415. The second-order valence-corrected chi connectivity index (χ2v) is 8.66. The topological polar surface area (TPSA) is 44.1 Å². The second kappa shape index (κ2) is 8.59. The van der Waals surface area contributed by atoms with Crippen molar-refractivity contribution >= 4 is 56.4 Å². The molecule has 156 valence electrons. The monoisotopic (exact) mass is 530 g/mol. The van der Waals surface area contributed by atoms with Gasteiger partial charge in [-0.1, -0.05) is 48.5 Å². The molecule has 0 unspecified atom stereocenters. The molecule has 0 amide bonds. The van der Waals surface area contributed by atoms with Gasteiger partial charge in [-0.25, -0.2) is 4.98 Å². The minimum Gasteiger partial charge on any atom is -0.497 e. The van der Waals surface area contributed by atoms with Crippen LogP contribution in [0.2, 0.25) is 0 Å². The van der Waals surface area contributed by atoms with Crippen molar-refractivity contribution in [2.75, 3.05) is 7.11 Å². The second-order valence-electron chi connectivity index (χ2n) is 7.41. The minimum absolute atomic E-state index is 0.0850. The molecule has 1 aromatic heterocycles. The molecule has 0 atom stereocenters. The van der Waals surface area contributed by atoms with Crippen LogP contribution in [0.5, 0.6) is 5.75 Å². The van der Waals surface area contributed by atoms with E-state index >= 15 is 0 Å². The van der Waals surface area contributed by atoms with Crippen LogP contribution < -0.4 is 10.3 Å². The molecule has 1 heterocycles.